The van der Waals surface area contributed by atoms with Gasteiger partial charge in [0, 0.05) is 11.1 Å². The van der Waals surface area contributed by atoms with Crippen molar-refractivity contribution in [3.63, 3.8) is 0 Å². The van der Waals surface area contributed by atoms with Crippen LogP contribution in [0, 0.1) is 10.1 Å². The lowest BCUT2D eigenvalue weighted by Gasteiger charge is -2.02. The molecule has 0 saturated carbocycles. The number of amidine groups is 1. The number of hydrogen-bond donors (Lipinski definition) is 1. The van der Waals surface area contributed by atoms with E-state index in [2.05, 4.69) is 4.99 Å². The van der Waals surface area contributed by atoms with E-state index in [1.165, 1.54) is 6.07 Å². The molecule has 8 heteroatoms. The molecule has 0 fully saturated rings. The molecule has 5 nitrogen and oxygen atoms in total. The molecular formula is C8H6Cl3N3O2. The highest BCUT2D eigenvalue weighted by molar-refractivity contribution is 6.37. The number of alkyl halides is 1. The van der Waals surface area contributed by atoms with Crippen LogP contribution in [0.3, 0.4) is 0 Å². The molecule has 1 aromatic carbocycles. The highest BCUT2D eigenvalue weighted by atomic mass is 35.5. The number of halogens is 3. The van der Waals surface area contributed by atoms with Crippen LogP contribution in [0.5, 0.6) is 0 Å². The molecule has 0 aliphatic heterocycles. The van der Waals surface area contributed by atoms with E-state index in [9.17, 15) is 10.1 Å². The lowest BCUT2D eigenvalue weighted by atomic mass is 10.2. The Balaban J connectivity index is 3.41. The first-order valence-electron chi connectivity index (χ1n) is 3.98. The van der Waals surface area contributed by atoms with Gasteiger partial charge in [-0.3, -0.25) is 10.1 Å². The van der Waals surface area contributed by atoms with Crippen LogP contribution in [0.15, 0.2) is 17.1 Å². The van der Waals surface area contributed by atoms with E-state index >= 15 is 0 Å². The van der Waals surface area contributed by atoms with Gasteiger partial charge in [0.2, 0.25) is 0 Å². The van der Waals surface area contributed by atoms with Crippen LogP contribution in [0.4, 0.5) is 11.4 Å². The minimum Gasteiger partial charge on any atom is -0.386 e. The van der Waals surface area contributed by atoms with Crippen molar-refractivity contribution in [3.05, 3.63) is 32.3 Å². The van der Waals surface area contributed by atoms with Crippen LogP contribution in [0.1, 0.15) is 0 Å². The maximum Gasteiger partial charge on any atom is 0.297 e. The van der Waals surface area contributed by atoms with Crippen molar-refractivity contribution >= 4 is 52.0 Å². The minimum absolute atomic E-state index is 0.0361. The van der Waals surface area contributed by atoms with Gasteiger partial charge in [-0.05, 0) is 6.07 Å². The number of nitrogens with two attached hydrogens (primary N) is 1. The maximum absolute atomic E-state index is 10.7. The van der Waals surface area contributed by atoms with E-state index in [0.29, 0.717) is 0 Å². The highest BCUT2D eigenvalue weighted by Gasteiger charge is 2.18. The molecule has 0 atom stereocenters. The second kappa shape index (κ2) is 5.34. The Morgan fingerprint density at radius 3 is 2.62 bits per heavy atom. The van der Waals surface area contributed by atoms with Crippen molar-refractivity contribution in [1.29, 1.82) is 0 Å². The molecule has 0 spiro atoms. The average Bonchev–Trinajstić information content (AvgIpc) is 2.20. The van der Waals surface area contributed by atoms with Crippen LogP contribution in [-0.2, 0) is 0 Å². The molecule has 0 amide bonds. The third-order valence-corrected chi connectivity index (χ3v) is 2.38. The summed E-state index contributed by atoms with van der Waals surface area (Å²) >= 11 is 16.8. The first-order valence-corrected chi connectivity index (χ1v) is 5.27. The van der Waals surface area contributed by atoms with Crippen LogP contribution < -0.4 is 5.73 Å². The molecule has 1 rings (SSSR count). The van der Waals surface area contributed by atoms with Crippen LogP contribution >= 0.6 is 34.8 Å². The smallest absolute Gasteiger partial charge is 0.297 e. The second-order valence-corrected chi connectivity index (χ2v) is 3.86. The van der Waals surface area contributed by atoms with Gasteiger partial charge in [0.15, 0.2) is 5.69 Å². The summed E-state index contributed by atoms with van der Waals surface area (Å²) in [6.07, 6.45) is 0. The van der Waals surface area contributed by atoms with Gasteiger partial charge in [0.05, 0.1) is 15.8 Å². The first kappa shape index (κ1) is 13.0. The third kappa shape index (κ3) is 2.98. The number of aliphatic imine (C=N–C) groups is 1. The van der Waals surface area contributed by atoms with E-state index < -0.39 is 4.92 Å². The van der Waals surface area contributed by atoms with Crippen molar-refractivity contribution in [2.45, 2.75) is 0 Å². The fourth-order valence-corrected chi connectivity index (χ4v) is 1.56. The fraction of sp³-hybridized carbons (Fsp3) is 0.125. The van der Waals surface area contributed by atoms with Gasteiger partial charge >= 0.3 is 0 Å². The normalized spacial score (nSPS) is 11.6. The Hall–Kier alpha value is -1.04. The van der Waals surface area contributed by atoms with Crippen molar-refractivity contribution in [2.24, 2.45) is 10.7 Å². The summed E-state index contributed by atoms with van der Waals surface area (Å²) < 4.78 is 0. The third-order valence-electron chi connectivity index (χ3n) is 1.60. The molecule has 86 valence electrons. The Morgan fingerprint density at radius 1 is 1.50 bits per heavy atom. The Bertz CT molecular complexity index is 462. The topological polar surface area (TPSA) is 81.5 Å². The van der Waals surface area contributed by atoms with Crippen molar-refractivity contribution < 1.29 is 4.92 Å². The molecule has 0 aromatic heterocycles. The number of hydrogen-bond acceptors (Lipinski definition) is 3. The molecule has 2 N–H and O–H groups in total. The molecule has 0 radical (unpaired) electrons. The Labute approximate surface area is 106 Å². The predicted octanol–water partition coefficient (Wildman–Crippen LogP) is 3.13. The van der Waals surface area contributed by atoms with Crippen molar-refractivity contribution in [1.82, 2.24) is 0 Å². The quantitative estimate of drug-likeness (QED) is 0.304. The molecule has 0 aliphatic rings. The zero-order valence-corrected chi connectivity index (χ0v) is 10.1. The summed E-state index contributed by atoms with van der Waals surface area (Å²) in [6.45, 7) is 0. The van der Waals surface area contributed by atoms with E-state index in [-0.39, 0.29) is 33.1 Å². The number of nitro benzene ring substituents is 1. The summed E-state index contributed by atoms with van der Waals surface area (Å²) in [5.41, 5.74) is 5.02. The monoisotopic (exact) mass is 281 g/mol. The molecule has 0 bridgehead atoms. The zero-order chi connectivity index (χ0) is 12.3. The van der Waals surface area contributed by atoms with E-state index in [4.69, 9.17) is 40.5 Å². The van der Waals surface area contributed by atoms with E-state index in [1.807, 2.05) is 0 Å². The Morgan fingerprint density at radius 2 is 2.12 bits per heavy atom. The summed E-state index contributed by atoms with van der Waals surface area (Å²) in [7, 11) is 0. The standard InChI is InChI=1S/C8H6Cl3N3O2/c9-3-7(12)13-8-5(11)1-4(10)2-6(8)14(15)16/h1-2H,3H2,(H2,12,13). The predicted molar refractivity (Wildman–Crippen MR) is 65.1 cm³/mol. The van der Waals surface area contributed by atoms with Crippen LogP contribution in [0.25, 0.3) is 0 Å². The second-order valence-electron chi connectivity index (χ2n) is 2.75. The first-order chi connectivity index (χ1) is 7.45. The summed E-state index contributed by atoms with van der Waals surface area (Å²) in [4.78, 5) is 13.9. The number of rotatable bonds is 3. The fourth-order valence-electron chi connectivity index (χ4n) is 0.976. The molecule has 0 unspecified atom stereocenters. The molecule has 1 aromatic rings. The van der Waals surface area contributed by atoms with E-state index in [1.54, 1.807) is 0 Å². The minimum atomic E-state index is -0.641. The number of benzene rings is 1. The molecule has 0 saturated heterocycles. The Kier molecular flexibility index (Phi) is 4.35. The molecule has 0 heterocycles. The number of nitrogens with zero attached hydrogens (tertiary/aromatic N) is 2. The summed E-state index contributed by atoms with van der Waals surface area (Å²) in [5.74, 6) is -0.00943. The van der Waals surface area contributed by atoms with Gasteiger partial charge in [0.1, 0.15) is 5.84 Å². The molecular weight excluding hydrogens is 276 g/mol. The lowest BCUT2D eigenvalue weighted by molar-refractivity contribution is -0.384. The van der Waals surface area contributed by atoms with Gasteiger partial charge in [-0.2, -0.15) is 0 Å². The summed E-state index contributed by atoms with van der Waals surface area (Å²) in [6, 6.07) is 2.49. The van der Waals surface area contributed by atoms with Crippen LogP contribution in [-0.4, -0.2) is 16.6 Å². The largest absolute Gasteiger partial charge is 0.386 e. The maximum atomic E-state index is 10.7. The SMILES string of the molecule is NC(CCl)=Nc1c(Cl)cc(Cl)cc1[N+](=O)[O-]. The summed E-state index contributed by atoms with van der Waals surface area (Å²) in [5, 5.41) is 10.9. The van der Waals surface area contributed by atoms with Gasteiger partial charge in [-0.1, -0.05) is 23.2 Å². The van der Waals surface area contributed by atoms with Crippen molar-refractivity contribution in [3.8, 4) is 0 Å². The molecule has 16 heavy (non-hydrogen) atoms. The highest BCUT2D eigenvalue weighted by Crippen LogP contribution is 2.37. The lowest BCUT2D eigenvalue weighted by Crippen LogP contribution is -2.12. The average molecular weight is 283 g/mol. The van der Waals surface area contributed by atoms with E-state index in [0.717, 1.165) is 6.07 Å². The number of nitro groups is 1. The zero-order valence-electron chi connectivity index (χ0n) is 7.78. The van der Waals surface area contributed by atoms with Gasteiger partial charge < -0.3 is 5.73 Å². The van der Waals surface area contributed by atoms with Gasteiger partial charge in [-0.25, -0.2) is 4.99 Å². The van der Waals surface area contributed by atoms with Gasteiger partial charge in [0.25, 0.3) is 5.69 Å². The van der Waals surface area contributed by atoms with Crippen LogP contribution in [0.2, 0.25) is 10.0 Å². The van der Waals surface area contributed by atoms with Crippen molar-refractivity contribution in [2.75, 3.05) is 5.88 Å². The van der Waals surface area contributed by atoms with Gasteiger partial charge in [-0.15, -0.1) is 11.6 Å². The molecule has 0 aliphatic carbocycles.